The zero-order chi connectivity index (χ0) is 13.9. The Kier molecular flexibility index (Phi) is 4.05. The van der Waals surface area contributed by atoms with Crippen molar-refractivity contribution in [2.24, 2.45) is 0 Å². The molecule has 0 aliphatic heterocycles. The third-order valence-corrected chi connectivity index (χ3v) is 2.09. The van der Waals surface area contributed by atoms with Crippen LogP contribution in [0.15, 0.2) is 18.2 Å². The van der Waals surface area contributed by atoms with Crippen LogP contribution >= 0.6 is 0 Å². The van der Waals surface area contributed by atoms with Crippen LogP contribution in [-0.4, -0.2) is 32.8 Å². The molecule has 0 bridgehead atoms. The summed E-state index contributed by atoms with van der Waals surface area (Å²) in [5.74, 6) is -1.05. The summed E-state index contributed by atoms with van der Waals surface area (Å²) in [7, 11) is 3.32. The number of nitrogens with zero attached hydrogens (tertiary/aromatic N) is 1. The topological polar surface area (TPSA) is 55.6 Å². The molecule has 0 spiro atoms. The van der Waals surface area contributed by atoms with Crippen LogP contribution in [-0.2, 0) is 4.74 Å². The monoisotopic (exact) mass is 262 g/mol. The standard InChI is InChI=1S/C11H13F3N2O2/c1-16(2)9-4-3-7(15)5-8(9)10(17)18-6-11(12,13)14/h3-5H,6,15H2,1-2H3. The van der Waals surface area contributed by atoms with Gasteiger partial charge in [-0.3, -0.25) is 0 Å². The number of alkyl halides is 3. The van der Waals surface area contributed by atoms with E-state index in [2.05, 4.69) is 4.74 Å². The number of benzene rings is 1. The van der Waals surface area contributed by atoms with E-state index in [1.54, 1.807) is 31.1 Å². The zero-order valence-electron chi connectivity index (χ0n) is 9.91. The number of carbonyl (C=O) groups excluding carboxylic acids is 1. The van der Waals surface area contributed by atoms with Gasteiger partial charge in [0.05, 0.1) is 11.3 Å². The van der Waals surface area contributed by atoms with E-state index >= 15 is 0 Å². The molecule has 0 aliphatic carbocycles. The number of anilines is 2. The second kappa shape index (κ2) is 5.16. The number of hydrogen-bond donors (Lipinski definition) is 1. The van der Waals surface area contributed by atoms with E-state index in [0.29, 0.717) is 5.69 Å². The first-order valence-electron chi connectivity index (χ1n) is 5.01. The van der Waals surface area contributed by atoms with Gasteiger partial charge in [-0.25, -0.2) is 4.79 Å². The summed E-state index contributed by atoms with van der Waals surface area (Å²) in [6.07, 6.45) is -4.55. The van der Waals surface area contributed by atoms with Gasteiger partial charge in [0.1, 0.15) is 0 Å². The molecule has 0 aliphatic rings. The number of hydrogen-bond acceptors (Lipinski definition) is 4. The average Bonchev–Trinajstić information content (AvgIpc) is 2.24. The summed E-state index contributed by atoms with van der Waals surface area (Å²) in [5.41, 5.74) is 6.22. The minimum atomic E-state index is -4.55. The molecule has 0 unspecified atom stereocenters. The largest absolute Gasteiger partial charge is 0.452 e. The molecule has 0 fully saturated rings. The van der Waals surface area contributed by atoms with Crippen molar-refractivity contribution in [2.45, 2.75) is 6.18 Å². The van der Waals surface area contributed by atoms with Gasteiger partial charge in [-0.15, -0.1) is 0 Å². The van der Waals surface area contributed by atoms with Crippen molar-refractivity contribution in [3.63, 3.8) is 0 Å². The van der Waals surface area contributed by atoms with Gasteiger partial charge in [-0.05, 0) is 18.2 Å². The van der Waals surface area contributed by atoms with Crippen LogP contribution in [0.5, 0.6) is 0 Å². The van der Waals surface area contributed by atoms with E-state index in [4.69, 9.17) is 5.73 Å². The van der Waals surface area contributed by atoms with Crippen LogP contribution in [0, 0.1) is 0 Å². The van der Waals surface area contributed by atoms with Crippen molar-refractivity contribution in [3.8, 4) is 0 Å². The second-order valence-electron chi connectivity index (χ2n) is 3.86. The lowest BCUT2D eigenvalue weighted by atomic mass is 10.1. The van der Waals surface area contributed by atoms with E-state index < -0.39 is 18.8 Å². The molecule has 18 heavy (non-hydrogen) atoms. The maximum Gasteiger partial charge on any atom is 0.422 e. The van der Waals surface area contributed by atoms with E-state index in [1.807, 2.05) is 0 Å². The average molecular weight is 262 g/mol. The van der Waals surface area contributed by atoms with E-state index in [9.17, 15) is 18.0 Å². The Labute approximate surface area is 102 Å². The molecule has 0 saturated heterocycles. The quantitative estimate of drug-likeness (QED) is 0.669. The van der Waals surface area contributed by atoms with Crippen molar-refractivity contribution in [2.75, 3.05) is 31.3 Å². The van der Waals surface area contributed by atoms with E-state index in [0.717, 1.165) is 0 Å². The van der Waals surface area contributed by atoms with Crippen LogP contribution in [0.2, 0.25) is 0 Å². The number of ether oxygens (including phenoxy) is 1. The number of halogens is 3. The Morgan fingerprint density at radius 1 is 1.39 bits per heavy atom. The molecule has 1 rings (SSSR count). The molecule has 0 radical (unpaired) electrons. The molecule has 1 aromatic carbocycles. The molecule has 0 amide bonds. The van der Waals surface area contributed by atoms with Crippen LogP contribution < -0.4 is 10.6 Å². The predicted molar refractivity (Wildman–Crippen MR) is 61.5 cm³/mol. The van der Waals surface area contributed by atoms with Gasteiger partial charge in [-0.2, -0.15) is 13.2 Å². The Morgan fingerprint density at radius 3 is 2.50 bits per heavy atom. The summed E-state index contributed by atoms with van der Waals surface area (Å²) >= 11 is 0. The van der Waals surface area contributed by atoms with Crippen LogP contribution in [0.4, 0.5) is 24.5 Å². The molecule has 7 heteroatoms. The van der Waals surface area contributed by atoms with Crippen molar-refractivity contribution >= 4 is 17.3 Å². The van der Waals surface area contributed by atoms with Crippen LogP contribution in [0.3, 0.4) is 0 Å². The normalized spacial score (nSPS) is 11.2. The fraction of sp³-hybridized carbons (Fsp3) is 0.364. The van der Waals surface area contributed by atoms with Gasteiger partial charge in [-0.1, -0.05) is 0 Å². The first-order chi connectivity index (χ1) is 8.20. The van der Waals surface area contributed by atoms with E-state index in [1.165, 1.54) is 6.07 Å². The highest BCUT2D eigenvalue weighted by molar-refractivity contribution is 5.96. The summed E-state index contributed by atoms with van der Waals surface area (Å²) in [5, 5.41) is 0. The Bertz CT molecular complexity index is 444. The Balaban J connectivity index is 2.94. The molecular formula is C11H13F3N2O2. The van der Waals surface area contributed by atoms with Crippen LogP contribution in [0.1, 0.15) is 10.4 Å². The number of rotatable bonds is 3. The van der Waals surface area contributed by atoms with Gasteiger partial charge in [0.2, 0.25) is 0 Å². The van der Waals surface area contributed by atoms with Gasteiger partial charge in [0, 0.05) is 19.8 Å². The SMILES string of the molecule is CN(C)c1ccc(N)cc1C(=O)OCC(F)(F)F. The molecular weight excluding hydrogens is 249 g/mol. The number of esters is 1. The van der Waals surface area contributed by atoms with Gasteiger partial charge in [0.25, 0.3) is 0 Å². The summed E-state index contributed by atoms with van der Waals surface area (Å²) in [6.45, 7) is -1.62. The Hall–Kier alpha value is -1.92. The number of carbonyl (C=O) groups is 1. The molecule has 0 aromatic heterocycles. The van der Waals surface area contributed by atoms with Gasteiger partial charge < -0.3 is 15.4 Å². The van der Waals surface area contributed by atoms with E-state index in [-0.39, 0.29) is 11.3 Å². The van der Waals surface area contributed by atoms with Crippen molar-refractivity contribution in [3.05, 3.63) is 23.8 Å². The highest BCUT2D eigenvalue weighted by Crippen LogP contribution is 2.23. The minimum Gasteiger partial charge on any atom is -0.452 e. The lowest BCUT2D eigenvalue weighted by Gasteiger charge is -2.17. The lowest BCUT2D eigenvalue weighted by molar-refractivity contribution is -0.161. The molecule has 0 atom stereocenters. The fourth-order valence-corrected chi connectivity index (χ4v) is 1.33. The first-order valence-corrected chi connectivity index (χ1v) is 5.01. The maximum atomic E-state index is 12.0. The van der Waals surface area contributed by atoms with Gasteiger partial charge in [0.15, 0.2) is 6.61 Å². The molecule has 100 valence electrons. The summed E-state index contributed by atoms with van der Waals surface area (Å²) in [6, 6.07) is 4.38. The van der Waals surface area contributed by atoms with Crippen molar-refractivity contribution in [1.82, 2.24) is 0 Å². The summed E-state index contributed by atoms with van der Waals surface area (Å²) in [4.78, 5) is 13.2. The third-order valence-electron chi connectivity index (χ3n) is 2.09. The molecule has 1 aromatic rings. The maximum absolute atomic E-state index is 12.0. The summed E-state index contributed by atoms with van der Waals surface area (Å²) < 4.78 is 40.1. The second-order valence-corrected chi connectivity index (χ2v) is 3.86. The number of nitrogens with two attached hydrogens (primary N) is 1. The van der Waals surface area contributed by atoms with Crippen LogP contribution in [0.25, 0.3) is 0 Å². The van der Waals surface area contributed by atoms with Crippen molar-refractivity contribution < 1.29 is 22.7 Å². The molecule has 0 saturated carbocycles. The van der Waals surface area contributed by atoms with Gasteiger partial charge >= 0.3 is 12.1 Å². The zero-order valence-corrected chi connectivity index (χ0v) is 9.91. The molecule has 2 N–H and O–H groups in total. The predicted octanol–water partition coefficient (Wildman–Crippen LogP) is 2.05. The smallest absolute Gasteiger partial charge is 0.422 e. The molecule has 4 nitrogen and oxygen atoms in total. The molecule has 0 heterocycles. The highest BCUT2D eigenvalue weighted by Gasteiger charge is 2.30. The fourth-order valence-electron chi connectivity index (χ4n) is 1.33. The highest BCUT2D eigenvalue weighted by atomic mass is 19.4. The third kappa shape index (κ3) is 3.83. The van der Waals surface area contributed by atoms with Crippen molar-refractivity contribution in [1.29, 1.82) is 0 Å². The Morgan fingerprint density at radius 2 is 2.00 bits per heavy atom. The lowest BCUT2D eigenvalue weighted by Crippen LogP contribution is -2.22. The number of nitrogen functional groups attached to an aromatic ring is 1. The first kappa shape index (κ1) is 14.1. The minimum absolute atomic E-state index is 0.00394.